The first-order valence-corrected chi connectivity index (χ1v) is 12.7. The lowest BCUT2D eigenvalue weighted by Gasteiger charge is -2.15. The number of hydrogen-bond acceptors (Lipinski definition) is 3. The molecule has 0 saturated heterocycles. The van der Waals surface area contributed by atoms with Gasteiger partial charge in [-0.25, -0.2) is 9.07 Å². The molecule has 0 N–H and O–H groups in total. The Labute approximate surface area is 162 Å². The summed E-state index contributed by atoms with van der Waals surface area (Å²) in [6.07, 6.45) is 5.95. The first-order valence-electron chi connectivity index (χ1n) is 8.96. The number of nitrogens with zero attached hydrogens (tertiary/aromatic N) is 4. The van der Waals surface area contributed by atoms with E-state index in [1.165, 1.54) is 18.3 Å². The highest BCUT2D eigenvalue weighted by molar-refractivity contribution is 6.76. The second-order valence-corrected chi connectivity index (χ2v) is 13.4. The fraction of sp³-hybridized carbons (Fsp3) is 0.368. The Hall–Kier alpha value is -2.39. The molecule has 3 rings (SSSR count). The van der Waals surface area contributed by atoms with Crippen LogP contribution in [0.3, 0.4) is 0 Å². The maximum atomic E-state index is 13.2. The highest BCUT2D eigenvalue weighted by Crippen LogP contribution is 2.31. The van der Waals surface area contributed by atoms with Gasteiger partial charge in [0.1, 0.15) is 18.2 Å². The Morgan fingerprint density at radius 1 is 1.14 bits per heavy atom. The SMILES string of the molecule is C[Si](C)(C)CCOCn1ccc(-c2cn(C(F)F)nc2-c2ccc(F)cn2)c1. The minimum Gasteiger partial charge on any atom is -0.361 e. The molecular weight excluding hydrogens is 385 g/mol. The fourth-order valence-electron chi connectivity index (χ4n) is 2.64. The summed E-state index contributed by atoms with van der Waals surface area (Å²) in [5.41, 5.74) is 1.81. The van der Waals surface area contributed by atoms with Crippen LogP contribution in [0, 0.1) is 5.82 Å². The van der Waals surface area contributed by atoms with Gasteiger partial charge in [0.25, 0.3) is 0 Å². The van der Waals surface area contributed by atoms with E-state index in [4.69, 9.17) is 4.74 Å². The van der Waals surface area contributed by atoms with Crippen LogP contribution in [0.2, 0.25) is 25.7 Å². The van der Waals surface area contributed by atoms with Crippen molar-refractivity contribution in [2.24, 2.45) is 0 Å². The second-order valence-electron chi connectivity index (χ2n) is 7.77. The highest BCUT2D eigenvalue weighted by Gasteiger charge is 2.19. The summed E-state index contributed by atoms with van der Waals surface area (Å²) >= 11 is 0. The third kappa shape index (κ3) is 5.11. The van der Waals surface area contributed by atoms with Gasteiger partial charge in [0.05, 0.1) is 11.9 Å². The molecule has 0 aliphatic rings. The van der Waals surface area contributed by atoms with Crippen molar-refractivity contribution in [2.45, 2.75) is 39.0 Å². The van der Waals surface area contributed by atoms with Gasteiger partial charge in [0.15, 0.2) is 0 Å². The smallest absolute Gasteiger partial charge is 0.333 e. The number of pyridine rings is 1. The number of hydrogen-bond donors (Lipinski definition) is 0. The maximum absolute atomic E-state index is 13.2. The van der Waals surface area contributed by atoms with E-state index in [-0.39, 0.29) is 5.69 Å². The molecule has 0 radical (unpaired) electrons. The molecule has 3 aromatic heterocycles. The molecule has 3 aromatic rings. The zero-order valence-corrected chi connectivity index (χ0v) is 17.1. The maximum Gasteiger partial charge on any atom is 0.333 e. The molecule has 0 aromatic carbocycles. The standard InChI is InChI=1S/C19H23F3N4OSi/c1-28(2,3)9-8-27-13-25-7-6-14(11-25)16-12-26(19(21)22)24-18(16)17-5-4-15(20)10-23-17/h4-7,10-12,19H,8-9,13H2,1-3H3. The van der Waals surface area contributed by atoms with Gasteiger partial charge in [-0.2, -0.15) is 13.9 Å². The van der Waals surface area contributed by atoms with E-state index in [1.807, 2.05) is 23.0 Å². The van der Waals surface area contributed by atoms with Gasteiger partial charge in [-0.15, -0.1) is 0 Å². The lowest BCUT2D eigenvalue weighted by atomic mass is 10.1. The molecule has 0 bridgehead atoms. The molecule has 150 valence electrons. The van der Waals surface area contributed by atoms with E-state index in [9.17, 15) is 13.2 Å². The third-order valence-corrected chi connectivity index (χ3v) is 5.90. The van der Waals surface area contributed by atoms with Gasteiger partial charge in [-0.1, -0.05) is 19.6 Å². The molecule has 28 heavy (non-hydrogen) atoms. The van der Waals surface area contributed by atoms with Gasteiger partial charge in [0.2, 0.25) is 0 Å². The first kappa shape index (κ1) is 20.3. The van der Waals surface area contributed by atoms with Crippen LogP contribution in [-0.4, -0.2) is 34.0 Å². The molecule has 0 unspecified atom stereocenters. The molecule has 0 aliphatic heterocycles. The highest BCUT2D eigenvalue weighted by atomic mass is 28.3. The number of halogens is 3. The topological polar surface area (TPSA) is 44.9 Å². The molecule has 0 aliphatic carbocycles. The molecule has 3 heterocycles. The molecule has 0 spiro atoms. The van der Waals surface area contributed by atoms with Crippen molar-refractivity contribution in [3.05, 3.63) is 48.8 Å². The zero-order valence-electron chi connectivity index (χ0n) is 16.1. The van der Waals surface area contributed by atoms with Crippen LogP contribution in [0.1, 0.15) is 6.55 Å². The van der Waals surface area contributed by atoms with E-state index < -0.39 is 20.4 Å². The quantitative estimate of drug-likeness (QED) is 0.377. The monoisotopic (exact) mass is 408 g/mol. The van der Waals surface area contributed by atoms with Gasteiger partial charge in [0, 0.05) is 44.4 Å². The van der Waals surface area contributed by atoms with Gasteiger partial charge >= 0.3 is 6.55 Å². The summed E-state index contributed by atoms with van der Waals surface area (Å²) in [5, 5.41) is 3.94. The van der Waals surface area contributed by atoms with Crippen LogP contribution in [0.25, 0.3) is 22.5 Å². The van der Waals surface area contributed by atoms with Crippen LogP contribution in [0.15, 0.2) is 43.0 Å². The average molecular weight is 409 g/mol. The van der Waals surface area contributed by atoms with Crippen molar-refractivity contribution in [3.8, 4) is 22.5 Å². The predicted molar refractivity (Wildman–Crippen MR) is 104 cm³/mol. The average Bonchev–Trinajstić information content (AvgIpc) is 3.25. The van der Waals surface area contributed by atoms with Crippen LogP contribution in [0.4, 0.5) is 13.2 Å². The van der Waals surface area contributed by atoms with Crippen LogP contribution in [-0.2, 0) is 11.5 Å². The van der Waals surface area contributed by atoms with Gasteiger partial charge in [-0.05, 0) is 24.2 Å². The molecule has 0 amide bonds. The minimum absolute atomic E-state index is 0.276. The number of alkyl halides is 2. The van der Waals surface area contributed by atoms with E-state index >= 15 is 0 Å². The van der Waals surface area contributed by atoms with Crippen molar-refractivity contribution in [3.63, 3.8) is 0 Å². The van der Waals surface area contributed by atoms with Crippen molar-refractivity contribution in [2.75, 3.05) is 6.61 Å². The number of ether oxygens (including phenoxy) is 1. The van der Waals surface area contributed by atoms with Crippen molar-refractivity contribution in [1.29, 1.82) is 0 Å². The van der Waals surface area contributed by atoms with Crippen molar-refractivity contribution >= 4 is 8.07 Å². The van der Waals surface area contributed by atoms with Crippen LogP contribution in [0.5, 0.6) is 0 Å². The first-order chi connectivity index (χ1) is 13.2. The summed E-state index contributed by atoms with van der Waals surface area (Å²) in [6, 6.07) is 5.53. The Morgan fingerprint density at radius 3 is 2.57 bits per heavy atom. The second kappa shape index (κ2) is 8.32. The summed E-state index contributed by atoms with van der Waals surface area (Å²) in [6.45, 7) is 5.16. The molecular formula is C19H23F3N4OSi. The molecule has 0 saturated carbocycles. The summed E-state index contributed by atoms with van der Waals surface area (Å²) in [7, 11) is -1.15. The molecule has 5 nitrogen and oxygen atoms in total. The normalized spacial score (nSPS) is 12.1. The summed E-state index contributed by atoms with van der Waals surface area (Å²) in [4.78, 5) is 3.97. The molecule has 0 fully saturated rings. The minimum atomic E-state index is -2.78. The third-order valence-electron chi connectivity index (χ3n) is 4.20. The van der Waals surface area contributed by atoms with E-state index in [1.54, 1.807) is 0 Å². The van der Waals surface area contributed by atoms with Crippen molar-refractivity contribution < 1.29 is 17.9 Å². The van der Waals surface area contributed by atoms with E-state index in [2.05, 4.69) is 29.7 Å². The van der Waals surface area contributed by atoms with E-state index in [0.29, 0.717) is 34.8 Å². The lowest BCUT2D eigenvalue weighted by Crippen LogP contribution is -2.21. The Morgan fingerprint density at radius 2 is 1.93 bits per heavy atom. The predicted octanol–water partition coefficient (Wildman–Crippen LogP) is 5.26. The summed E-state index contributed by atoms with van der Waals surface area (Å²) in [5.74, 6) is -0.500. The Bertz CT molecular complexity index is 916. The van der Waals surface area contributed by atoms with Crippen LogP contribution < -0.4 is 0 Å². The lowest BCUT2D eigenvalue weighted by molar-refractivity contribution is 0.0569. The van der Waals surface area contributed by atoms with Gasteiger partial charge in [-0.3, -0.25) is 4.98 Å². The fourth-order valence-corrected chi connectivity index (χ4v) is 3.39. The number of rotatable bonds is 8. The summed E-state index contributed by atoms with van der Waals surface area (Å²) < 4.78 is 47.6. The van der Waals surface area contributed by atoms with Gasteiger partial charge < -0.3 is 9.30 Å². The number of aromatic nitrogens is 4. The Kier molecular flexibility index (Phi) is 6.04. The van der Waals surface area contributed by atoms with E-state index in [0.717, 1.165) is 12.2 Å². The zero-order chi connectivity index (χ0) is 20.3. The largest absolute Gasteiger partial charge is 0.361 e. The Balaban J connectivity index is 1.81. The van der Waals surface area contributed by atoms with Crippen LogP contribution >= 0.6 is 0 Å². The van der Waals surface area contributed by atoms with Crippen molar-refractivity contribution in [1.82, 2.24) is 19.3 Å². The molecule has 9 heteroatoms. The molecule has 0 atom stereocenters.